The van der Waals surface area contributed by atoms with Gasteiger partial charge in [-0.15, -0.1) is 0 Å². The Morgan fingerprint density at radius 3 is 0.920 bits per heavy atom. The Balaban J connectivity index is 4.62. The molecule has 152 valence electrons. The van der Waals surface area contributed by atoms with Crippen molar-refractivity contribution in [2.24, 2.45) is 5.41 Å². The first-order valence-corrected chi connectivity index (χ1v) is 9.14. The molecule has 0 aliphatic carbocycles. The van der Waals surface area contributed by atoms with Gasteiger partial charge >= 0.3 is 0 Å². The van der Waals surface area contributed by atoms with Gasteiger partial charge in [-0.05, 0) is 28.2 Å². The van der Waals surface area contributed by atoms with Crippen LogP contribution in [0.1, 0.15) is 0 Å². The fraction of sp³-hybridized carbons (Fsp3) is 1.00. The third-order valence-corrected chi connectivity index (χ3v) is 3.62. The average molecular weight is 365 g/mol. The Hall–Kier alpha value is -0.320. The molecule has 0 heterocycles. The molecule has 0 aliphatic rings. The number of hydrogen-bond acceptors (Lipinski definition) is 8. The second-order valence-electron chi connectivity index (χ2n) is 6.12. The molecule has 0 aromatic rings. The molecule has 8 nitrogen and oxygen atoms in total. The molecule has 8 heteroatoms. The standard InChI is InChI=1S/C17H40N4O4/c1-18-5-9-22-13-17(14-23-10-6-19-2,15-24-11-7-20-3)16-25-12-8-21-4/h18-21H,5-16H2,1-4H3. The van der Waals surface area contributed by atoms with Crippen LogP contribution in [-0.4, -0.2) is 107 Å². The highest BCUT2D eigenvalue weighted by atomic mass is 16.5. The lowest BCUT2D eigenvalue weighted by atomic mass is 9.92. The van der Waals surface area contributed by atoms with E-state index >= 15 is 0 Å². The molecule has 0 spiro atoms. The van der Waals surface area contributed by atoms with E-state index in [2.05, 4.69) is 21.3 Å². The summed E-state index contributed by atoms with van der Waals surface area (Å²) >= 11 is 0. The highest BCUT2D eigenvalue weighted by Gasteiger charge is 2.32. The second kappa shape index (κ2) is 18.5. The molecule has 25 heavy (non-hydrogen) atoms. The molecular weight excluding hydrogens is 324 g/mol. The summed E-state index contributed by atoms with van der Waals surface area (Å²) in [6.07, 6.45) is 0. The monoisotopic (exact) mass is 364 g/mol. The van der Waals surface area contributed by atoms with Crippen LogP contribution in [0.5, 0.6) is 0 Å². The van der Waals surface area contributed by atoms with E-state index in [1.54, 1.807) is 0 Å². The van der Waals surface area contributed by atoms with Gasteiger partial charge in [-0.25, -0.2) is 0 Å². The molecule has 0 rings (SSSR count). The molecule has 0 radical (unpaired) electrons. The van der Waals surface area contributed by atoms with Crippen LogP contribution in [0.4, 0.5) is 0 Å². The van der Waals surface area contributed by atoms with Crippen LogP contribution >= 0.6 is 0 Å². The van der Waals surface area contributed by atoms with Gasteiger partial charge in [0, 0.05) is 26.2 Å². The maximum Gasteiger partial charge on any atom is 0.0637 e. The molecule has 4 N–H and O–H groups in total. The van der Waals surface area contributed by atoms with Gasteiger partial charge in [0.05, 0.1) is 58.3 Å². The SMILES string of the molecule is CNCCOCC(COCCNC)(COCCNC)COCCNC. The summed E-state index contributed by atoms with van der Waals surface area (Å²) < 4.78 is 23.4. The Morgan fingerprint density at radius 2 is 0.720 bits per heavy atom. The van der Waals surface area contributed by atoms with Crippen molar-refractivity contribution in [3.05, 3.63) is 0 Å². The fourth-order valence-electron chi connectivity index (χ4n) is 2.10. The summed E-state index contributed by atoms with van der Waals surface area (Å²) in [4.78, 5) is 0. The van der Waals surface area contributed by atoms with Gasteiger partial charge in [0.25, 0.3) is 0 Å². The molecule has 0 aromatic heterocycles. The highest BCUT2D eigenvalue weighted by molar-refractivity contribution is 4.79. The molecular formula is C17H40N4O4. The normalized spacial score (nSPS) is 12.0. The van der Waals surface area contributed by atoms with Gasteiger partial charge in [-0.3, -0.25) is 0 Å². The first-order chi connectivity index (χ1) is 12.2. The van der Waals surface area contributed by atoms with Crippen LogP contribution < -0.4 is 21.3 Å². The van der Waals surface area contributed by atoms with Crippen molar-refractivity contribution in [3.8, 4) is 0 Å². The van der Waals surface area contributed by atoms with E-state index in [9.17, 15) is 0 Å². The molecule has 0 aromatic carbocycles. The van der Waals surface area contributed by atoms with E-state index in [1.807, 2.05) is 28.2 Å². The number of nitrogens with one attached hydrogen (secondary N) is 4. The van der Waals surface area contributed by atoms with Crippen molar-refractivity contribution in [2.75, 3.05) is 107 Å². The minimum atomic E-state index is -0.303. The maximum atomic E-state index is 5.86. The topological polar surface area (TPSA) is 85.0 Å². The lowest BCUT2D eigenvalue weighted by Crippen LogP contribution is -2.43. The number of ether oxygens (including phenoxy) is 4. The van der Waals surface area contributed by atoms with Crippen LogP contribution in [0.3, 0.4) is 0 Å². The van der Waals surface area contributed by atoms with Crippen LogP contribution in [0, 0.1) is 5.41 Å². The van der Waals surface area contributed by atoms with Crippen LogP contribution in [-0.2, 0) is 18.9 Å². The summed E-state index contributed by atoms with van der Waals surface area (Å²) in [5.41, 5.74) is -0.303. The third kappa shape index (κ3) is 14.5. The molecule has 0 aliphatic heterocycles. The highest BCUT2D eigenvalue weighted by Crippen LogP contribution is 2.20. The van der Waals surface area contributed by atoms with Crippen molar-refractivity contribution in [1.29, 1.82) is 0 Å². The van der Waals surface area contributed by atoms with Crippen LogP contribution in [0.25, 0.3) is 0 Å². The Kier molecular flexibility index (Phi) is 18.2. The second-order valence-corrected chi connectivity index (χ2v) is 6.12. The number of rotatable bonds is 20. The van der Waals surface area contributed by atoms with Crippen molar-refractivity contribution in [2.45, 2.75) is 0 Å². The summed E-state index contributed by atoms with van der Waals surface area (Å²) in [7, 11) is 7.66. The molecule has 0 bridgehead atoms. The zero-order chi connectivity index (χ0) is 18.6. The van der Waals surface area contributed by atoms with Gasteiger partial charge in [0.1, 0.15) is 0 Å². The van der Waals surface area contributed by atoms with Crippen molar-refractivity contribution >= 4 is 0 Å². The van der Waals surface area contributed by atoms with E-state index in [0.717, 1.165) is 26.2 Å². The minimum Gasteiger partial charge on any atom is -0.379 e. The predicted octanol–water partition coefficient (Wildman–Crippen LogP) is -1.08. The van der Waals surface area contributed by atoms with Crippen LogP contribution in [0.15, 0.2) is 0 Å². The summed E-state index contributed by atoms with van der Waals surface area (Å²) in [5.74, 6) is 0. The minimum absolute atomic E-state index is 0.303. The quantitative estimate of drug-likeness (QED) is 0.203. The van der Waals surface area contributed by atoms with E-state index < -0.39 is 0 Å². The zero-order valence-electron chi connectivity index (χ0n) is 16.6. The Bertz CT molecular complexity index is 220. The van der Waals surface area contributed by atoms with Crippen molar-refractivity contribution in [3.63, 3.8) is 0 Å². The molecule has 0 atom stereocenters. The molecule has 0 saturated carbocycles. The van der Waals surface area contributed by atoms with E-state index in [0.29, 0.717) is 52.9 Å². The Morgan fingerprint density at radius 1 is 0.480 bits per heavy atom. The molecule has 0 amide bonds. The average Bonchev–Trinajstić information content (AvgIpc) is 2.63. The van der Waals surface area contributed by atoms with Crippen molar-refractivity contribution in [1.82, 2.24) is 21.3 Å². The van der Waals surface area contributed by atoms with Crippen molar-refractivity contribution < 1.29 is 18.9 Å². The van der Waals surface area contributed by atoms with Gasteiger partial charge in [0.2, 0.25) is 0 Å². The third-order valence-electron chi connectivity index (χ3n) is 3.62. The number of likely N-dealkylation sites (N-methyl/N-ethyl adjacent to an activating group) is 4. The lowest BCUT2D eigenvalue weighted by Gasteiger charge is -2.33. The van der Waals surface area contributed by atoms with E-state index in [-0.39, 0.29) is 5.41 Å². The Labute approximate surface area is 153 Å². The summed E-state index contributed by atoms with van der Waals surface area (Å²) in [5, 5.41) is 12.4. The van der Waals surface area contributed by atoms with Gasteiger partial charge in [-0.1, -0.05) is 0 Å². The molecule has 0 fully saturated rings. The largest absolute Gasteiger partial charge is 0.379 e. The fourth-order valence-corrected chi connectivity index (χ4v) is 2.10. The van der Waals surface area contributed by atoms with Gasteiger partial charge in [-0.2, -0.15) is 0 Å². The molecule has 0 saturated heterocycles. The first-order valence-electron chi connectivity index (χ1n) is 9.14. The predicted molar refractivity (Wildman–Crippen MR) is 101 cm³/mol. The van der Waals surface area contributed by atoms with Crippen LogP contribution in [0.2, 0.25) is 0 Å². The summed E-state index contributed by atoms with van der Waals surface area (Å²) in [6, 6.07) is 0. The summed E-state index contributed by atoms with van der Waals surface area (Å²) in [6.45, 7) is 8.08. The van der Waals surface area contributed by atoms with Gasteiger partial charge in [0.15, 0.2) is 0 Å². The lowest BCUT2D eigenvalue weighted by molar-refractivity contribution is -0.105. The maximum absolute atomic E-state index is 5.86. The zero-order valence-corrected chi connectivity index (χ0v) is 16.6. The number of hydrogen-bond donors (Lipinski definition) is 4. The van der Waals surface area contributed by atoms with Gasteiger partial charge < -0.3 is 40.2 Å². The smallest absolute Gasteiger partial charge is 0.0637 e. The van der Waals surface area contributed by atoms with E-state index in [4.69, 9.17) is 18.9 Å². The molecule has 0 unspecified atom stereocenters. The first kappa shape index (κ1) is 24.7. The van der Waals surface area contributed by atoms with E-state index in [1.165, 1.54) is 0 Å².